The van der Waals surface area contributed by atoms with Gasteiger partial charge in [0.25, 0.3) is 5.91 Å². The van der Waals surface area contributed by atoms with Crippen molar-refractivity contribution in [2.75, 3.05) is 17.2 Å². The highest BCUT2D eigenvalue weighted by molar-refractivity contribution is 6.06. The minimum atomic E-state index is -0.187. The van der Waals surface area contributed by atoms with E-state index in [1.807, 2.05) is 73.7 Å². The third kappa shape index (κ3) is 4.38. The number of carbonyl (C=O) groups excluding carboxylic acids is 1. The minimum absolute atomic E-state index is 0.187. The molecule has 0 aromatic heterocycles. The molecule has 1 amide bonds. The smallest absolute Gasteiger partial charge is 0.259 e. The van der Waals surface area contributed by atoms with E-state index in [1.165, 1.54) is 0 Å². The van der Waals surface area contributed by atoms with Crippen LogP contribution in [-0.2, 0) is 0 Å². The molecule has 0 aliphatic heterocycles. The molecule has 126 valence electrons. The summed E-state index contributed by atoms with van der Waals surface area (Å²) in [6.07, 6.45) is 0. The summed E-state index contributed by atoms with van der Waals surface area (Å²) in [6, 6.07) is 24.8. The molecule has 0 aliphatic rings. The third-order valence-electron chi connectivity index (χ3n) is 3.64. The van der Waals surface area contributed by atoms with Crippen LogP contribution in [0.25, 0.3) is 0 Å². The molecule has 0 unspecified atom stereocenters. The van der Waals surface area contributed by atoms with Crippen molar-refractivity contribution in [3.8, 4) is 5.75 Å². The predicted octanol–water partition coefficient (Wildman–Crippen LogP) is 5.08. The Labute approximate surface area is 147 Å². The van der Waals surface area contributed by atoms with Crippen molar-refractivity contribution in [2.45, 2.75) is 6.92 Å². The lowest BCUT2D eigenvalue weighted by Crippen LogP contribution is -2.13. The van der Waals surface area contributed by atoms with E-state index in [-0.39, 0.29) is 5.91 Å². The SMILES string of the molecule is CCOc1ccccc1C(=O)Nc1ccc(Nc2ccccc2)cc1. The first-order valence-corrected chi connectivity index (χ1v) is 8.21. The number of hydrogen-bond donors (Lipinski definition) is 2. The molecular weight excluding hydrogens is 312 g/mol. The van der Waals surface area contributed by atoms with E-state index in [4.69, 9.17) is 4.74 Å². The summed E-state index contributed by atoms with van der Waals surface area (Å²) in [5.41, 5.74) is 3.23. The summed E-state index contributed by atoms with van der Waals surface area (Å²) in [4.78, 5) is 12.5. The monoisotopic (exact) mass is 332 g/mol. The lowest BCUT2D eigenvalue weighted by molar-refractivity contribution is 0.102. The molecule has 0 aliphatic carbocycles. The second-order valence-electron chi connectivity index (χ2n) is 5.45. The van der Waals surface area contributed by atoms with Crippen molar-refractivity contribution in [3.63, 3.8) is 0 Å². The van der Waals surface area contributed by atoms with Gasteiger partial charge in [-0.2, -0.15) is 0 Å². The molecular formula is C21H20N2O2. The molecule has 4 heteroatoms. The molecule has 3 rings (SSSR count). The standard InChI is InChI=1S/C21H20N2O2/c1-2-25-20-11-7-6-10-19(20)21(24)23-18-14-12-17(13-15-18)22-16-8-4-3-5-9-16/h3-15,22H,2H2,1H3,(H,23,24). The van der Waals surface area contributed by atoms with Crippen LogP contribution in [0.15, 0.2) is 78.9 Å². The van der Waals surface area contributed by atoms with Gasteiger partial charge in [-0.05, 0) is 55.5 Å². The van der Waals surface area contributed by atoms with Crippen molar-refractivity contribution in [2.24, 2.45) is 0 Å². The van der Waals surface area contributed by atoms with Crippen LogP contribution in [0.4, 0.5) is 17.1 Å². The second kappa shape index (κ2) is 8.02. The van der Waals surface area contributed by atoms with Gasteiger partial charge in [0.2, 0.25) is 0 Å². The molecule has 0 saturated carbocycles. The zero-order chi connectivity index (χ0) is 17.5. The highest BCUT2D eigenvalue weighted by Gasteiger charge is 2.11. The van der Waals surface area contributed by atoms with Gasteiger partial charge in [-0.3, -0.25) is 4.79 Å². The number of para-hydroxylation sites is 2. The second-order valence-corrected chi connectivity index (χ2v) is 5.45. The number of rotatable bonds is 6. The summed E-state index contributed by atoms with van der Waals surface area (Å²) < 4.78 is 5.51. The molecule has 3 aromatic carbocycles. The van der Waals surface area contributed by atoms with E-state index < -0.39 is 0 Å². The van der Waals surface area contributed by atoms with Crippen LogP contribution >= 0.6 is 0 Å². The lowest BCUT2D eigenvalue weighted by atomic mass is 10.1. The van der Waals surface area contributed by atoms with Crippen LogP contribution in [-0.4, -0.2) is 12.5 Å². The molecule has 0 spiro atoms. The molecule has 2 N–H and O–H groups in total. The van der Waals surface area contributed by atoms with Crippen LogP contribution in [0, 0.1) is 0 Å². The minimum Gasteiger partial charge on any atom is -0.493 e. The Balaban J connectivity index is 1.68. The maximum absolute atomic E-state index is 12.5. The summed E-state index contributed by atoms with van der Waals surface area (Å²) in [5.74, 6) is 0.401. The summed E-state index contributed by atoms with van der Waals surface area (Å²) in [7, 11) is 0. The Kier molecular flexibility index (Phi) is 5.32. The van der Waals surface area contributed by atoms with Gasteiger partial charge in [0.05, 0.1) is 12.2 Å². The van der Waals surface area contributed by atoms with Gasteiger partial charge in [0.15, 0.2) is 0 Å². The van der Waals surface area contributed by atoms with Crippen LogP contribution in [0.5, 0.6) is 5.75 Å². The number of benzene rings is 3. The third-order valence-corrected chi connectivity index (χ3v) is 3.64. The lowest BCUT2D eigenvalue weighted by Gasteiger charge is -2.11. The number of hydrogen-bond acceptors (Lipinski definition) is 3. The molecule has 0 radical (unpaired) electrons. The van der Waals surface area contributed by atoms with Crippen LogP contribution < -0.4 is 15.4 Å². The first kappa shape index (κ1) is 16.6. The maximum Gasteiger partial charge on any atom is 0.259 e. The van der Waals surface area contributed by atoms with Crippen molar-refractivity contribution in [1.82, 2.24) is 0 Å². The average Bonchev–Trinajstić information content (AvgIpc) is 2.65. The first-order chi connectivity index (χ1) is 12.3. The Morgan fingerprint density at radius 2 is 1.40 bits per heavy atom. The van der Waals surface area contributed by atoms with Crippen LogP contribution in [0.3, 0.4) is 0 Å². The van der Waals surface area contributed by atoms with E-state index in [0.29, 0.717) is 17.9 Å². The molecule has 4 nitrogen and oxygen atoms in total. The summed E-state index contributed by atoms with van der Waals surface area (Å²) in [6.45, 7) is 2.41. The molecule has 3 aromatic rings. The Hall–Kier alpha value is -3.27. The average molecular weight is 332 g/mol. The van der Waals surface area contributed by atoms with Crippen molar-refractivity contribution in [3.05, 3.63) is 84.4 Å². The highest BCUT2D eigenvalue weighted by Crippen LogP contribution is 2.22. The predicted molar refractivity (Wildman–Crippen MR) is 102 cm³/mol. The highest BCUT2D eigenvalue weighted by atomic mass is 16.5. The first-order valence-electron chi connectivity index (χ1n) is 8.21. The maximum atomic E-state index is 12.5. The van der Waals surface area contributed by atoms with Gasteiger partial charge >= 0.3 is 0 Å². The molecule has 0 fully saturated rings. The fourth-order valence-electron chi connectivity index (χ4n) is 2.46. The summed E-state index contributed by atoms with van der Waals surface area (Å²) in [5, 5.41) is 6.21. The van der Waals surface area contributed by atoms with E-state index in [9.17, 15) is 4.79 Å². The van der Waals surface area contributed by atoms with Crippen molar-refractivity contribution >= 4 is 23.0 Å². The molecule has 0 saturated heterocycles. The van der Waals surface area contributed by atoms with Gasteiger partial charge in [0, 0.05) is 17.1 Å². The normalized spacial score (nSPS) is 10.1. The topological polar surface area (TPSA) is 50.4 Å². The zero-order valence-electron chi connectivity index (χ0n) is 14.0. The number of nitrogens with one attached hydrogen (secondary N) is 2. The number of anilines is 3. The van der Waals surface area contributed by atoms with Crippen LogP contribution in [0.1, 0.15) is 17.3 Å². The van der Waals surface area contributed by atoms with Gasteiger partial charge in [-0.15, -0.1) is 0 Å². The van der Waals surface area contributed by atoms with Crippen molar-refractivity contribution in [1.29, 1.82) is 0 Å². The van der Waals surface area contributed by atoms with Gasteiger partial charge in [0.1, 0.15) is 5.75 Å². The van der Waals surface area contributed by atoms with Crippen molar-refractivity contribution < 1.29 is 9.53 Å². The molecule has 25 heavy (non-hydrogen) atoms. The largest absolute Gasteiger partial charge is 0.493 e. The number of ether oxygens (including phenoxy) is 1. The van der Waals surface area contributed by atoms with Crippen LogP contribution in [0.2, 0.25) is 0 Å². The Bertz CT molecular complexity index is 830. The number of carbonyl (C=O) groups is 1. The Morgan fingerprint density at radius 3 is 2.12 bits per heavy atom. The Morgan fingerprint density at radius 1 is 0.800 bits per heavy atom. The zero-order valence-corrected chi connectivity index (χ0v) is 14.0. The quantitative estimate of drug-likeness (QED) is 0.662. The fraction of sp³-hybridized carbons (Fsp3) is 0.0952. The molecule has 0 bridgehead atoms. The fourth-order valence-corrected chi connectivity index (χ4v) is 2.46. The summed E-state index contributed by atoms with van der Waals surface area (Å²) >= 11 is 0. The molecule has 0 atom stereocenters. The van der Waals surface area contributed by atoms with E-state index in [2.05, 4.69) is 10.6 Å². The van der Waals surface area contributed by atoms with Gasteiger partial charge in [-0.1, -0.05) is 30.3 Å². The van der Waals surface area contributed by atoms with Gasteiger partial charge < -0.3 is 15.4 Å². The van der Waals surface area contributed by atoms with E-state index in [0.717, 1.165) is 17.1 Å². The van der Waals surface area contributed by atoms with E-state index in [1.54, 1.807) is 12.1 Å². The number of amides is 1. The molecule has 0 heterocycles. The van der Waals surface area contributed by atoms with E-state index >= 15 is 0 Å². The van der Waals surface area contributed by atoms with Gasteiger partial charge in [-0.25, -0.2) is 0 Å².